The van der Waals surface area contributed by atoms with Crippen LogP contribution >= 0.6 is 0 Å². The summed E-state index contributed by atoms with van der Waals surface area (Å²) in [6.45, 7) is 3.85. The van der Waals surface area contributed by atoms with E-state index in [9.17, 15) is 4.79 Å². The lowest BCUT2D eigenvalue weighted by atomic mass is 10.0. The number of benzene rings is 3. The number of rotatable bonds is 3. The number of fused-ring (bicyclic) bond motifs is 3. The summed E-state index contributed by atoms with van der Waals surface area (Å²) in [5.41, 5.74) is 6.69. The Kier molecular flexibility index (Phi) is 4.67. The number of nitrogens with zero attached hydrogens (tertiary/aromatic N) is 4. The van der Waals surface area contributed by atoms with Gasteiger partial charge in [-0.3, -0.25) is 9.79 Å². The Morgan fingerprint density at radius 2 is 1.71 bits per heavy atom. The SMILES string of the molecule is Cc1cccc(C(=O)NC2N=C(c3ccccc3)c3ccccc3-n3nnc(C)c32)c1. The molecule has 4 aromatic rings. The van der Waals surface area contributed by atoms with E-state index in [2.05, 4.69) is 15.6 Å². The highest BCUT2D eigenvalue weighted by Gasteiger charge is 2.29. The number of aliphatic imine (C=N–C) groups is 1. The predicted octanol–water partition coefficient (Wildman–Crippen LogP) is 4.16. The van der Waals surface area contributed by atoms with Crippen LogP contribution in [-0.4, -0.2) is 26.6 Å². The van der Waals surface area contributed by atoms with Crippen LogP contribution < -0.4 is 5.32 Å². The first-order chi connectivity index (χ1) is 15.1. The molecule has 1 aliphatic rings. The van der Waals surface area contributed by atoms with Crippen LogP contribution in [0.1, 0.15) is 44.6 Å². The number of aryl methyl sites for hydroxylation is 2. The molecule has 6 heteroatoms. The maximum Gasteiger partial charge on any atom is 0.253 e. The van der Waals surface area contributed by atoms with Gasteiger partial charge >= 0.3 is 0 Å². The summed E-state index contributed by atoms with van der Waals surface area (Å²) in [4.78, 5) is 18.1. The molecule has 0 bridgehead atoms. The zero-order valence-corrected chi connectivity index (χ0v) is 17.3. The molecule has 0 aliphatic carbocycles. The van der Waals surface area contributed by atoms with E-state index in [1.807, 2.05) is 86.6 Å². The topological polar surface area (TPSA) is 72.2 Å². The zero-order chi connectivity index (χ0) is 21.4. The minimum Gasteiger partial charge on any atom is -0.325 e. The molecule has 152 valence electrons. The van der Waals surface area contributed by atoms with Gasteiger partial charge in [0.15, 0.2) is 6.17 Å². The molecule has 1 aromatic heterocycles. The first-order valence-corrected chi connectivity index (χ1v) is 10.1. The average molecular weight is 407 g/mol. The first-order valence-electron chi connectivity index (χ1n) is 10.1. The summed E-state index contributed by atoms with van der Waals surface area (Å²) in [6.07, 6.45) is -0.634. The van der Waals surface area contributed by atoms with Crippen molar-refractivity contribution in [2.75, 3.05) is 0 Å². The summed E-state index contributed by atoms with van der Waals surface area (Å²) in [5, 5.41) is 11.7. The molecule has 31 heavy (non-hydrogen) atoms. The zero-order valence-electron chi connectivity index (χ0n) is 17.3. The molecule has 0 saturated heterocycles. The van der Waals surface area contributed by atoms with Gasteiger partial charge in [-0.2, -0.15) is 0 Å². The number of amides is 1. The van der Waals surface area contributed by atoms with Crippen molar-refractivity contribution in [3.63, 3.8) is 0 Å². The number of para-hydroxylation sites is 1. The number of nitrogens with one attached hydrogen (secondary N) is 1. The second-order valence-electron chi connectivity index (χ2n) is 7.58. The Labute approximate surface area is 180 Å². The summed E-state index contributed by atoms with van der Waals surface area (Å²) < 4.78 is 1.78. The standard InChI is InChI=1S/C25H21N5O/c1-16-9-8-12-19(15-16)25(31)27-24-23-17(2)28-29-30(23)21-14-7-6-13-20(21)22(26-24)18-10-4-3-5-11-18/h3-15,24H,1-2H3,(H,27,31). The minimum atomic E-state index is -0.634. The van der Waals surface area contributed by atoms with E-state index < -0.39 is 6.17 Å². The fourth-order valence-electron chi connectivity index (χ4n) is 3.89. The molecule has 6 nitrogen and oxygen atoms in total. The van der Waals surface area contributed by atoms with Gasteiger partial charge in [0.25, 0.3) is 5.91 Å². The molecule has 1 atom stereocenters. The van der Waals surface area contributed by atoms with Crippen LogP contribution in [0.4, 0.5) is 0 Å². The van der Waals surface area contributed by atoms with Gasteiger partial charge in [-0.1, -0.05) is 71.4 Å². The van der Waals surface area contributed by atoms with Gasteiger partial charge in [0.05, 0.1) is 17.1 Å². The normalized spacial score (nSPS) is 14.8. The maximum absolute atomic E-state index is 13.1. The van der Waals surface area contributed by atoms with Gasteiger partial charge in [0.1, 0.15) is 5.69 Å². The highest BCUT2D eigenvalue weighted by Crippen LogP contribution is 2.30. The van der Waals surface area contributed by atoms with Gasteiger partial charge in [0, 0.05) is 16.7 Å². The average Bonchev–Trinajstić information content (AvgIpc) is 3.11. The minimum absolute atomic E-state index is 0.192. The summed E-state index contributed by atoms with van der Waals surface area (Å²) in [7, 11) is 0. The van der Waals surface area contributed by atoms with E-state index in [0.717, 1.165) is 39.5 Å². The molecule has 5 rings (SSSR count). The third-order valence-corrected chi connectivity index (χ3v) is 5.38. The largest absolute Gasteiger partial charge is 0.325 e. The van der Waals surface area contributed by atoms with E-state index in [4.69, 9.17) is 4.99 Å². The molecule has 0 spiro atoms. The van der Waals surface area contributed by atoms with Crippen molar-refractivity contribution in [2.24, 2.45) is 4.99 Å². The van der Waals surface area contributed by atoms with Gasteiger partial charge < -0.3 is 5.32 Å². The summed E-state index contributed by atoms with van der Waals surface area (Å²) >= 11 is 0. The van der Waals surface area contributed by atoms with Crippen molar-refractivity contribution in [1.82, 2.24) is 20.3 Å². The van der Waals surface area contributed by atoms with Crippen molar-refractivity contribution >= 4 is 11.6 Å². The first kappa shape index (κ1) is 18.9. The molecular weight excluding hydrogens is 386 g/mol. The van der Waals surface area contributed by atoms with E-state index in [1.165, 1.54) is 0 Å². The molecule has 1 aliphatic heterocycles. The van der Waals surface area contributed by atoms with Crippen molar-refractivity contribution < 1.29 is 4.79 Å². The van der Waals surface area contributed by atoms with E-state index in [0.29, 0.717) is 5.56 Å². The van der Waals surface area contributed by atoms with E-state index in [1.54, 1.807) is 10.7 Å². The molecule has 1 amide bonds. The molecule has 3 aromatic carbocycles. The Bertz CT molecular complexity index is 1310. The monoisotopic (exact) mass is 407 g/mol. The quantitative estimate of drug-likeness (QED) is 0.554. The number of hydrogen-bond acceptors (Lipinski definition) is 4. The third-order valence-electron chi connectivity index (χ3n) is 5.38. The Morgan fingerprint density at radius 1 is 0.935 bits per heavy atom. The lowest BCUT2D eigenvalue weighted by molar-refractivity contribution is 0.0937. The Balaban J connectivity index is 1.67. The van der Waals surface area contributed by atoms with Gasteiger partial charge in [-0.25, -0.2) is 4.68 Å². The molecule has 2 heterocycles. The summed E-state index contributed by atoms with van der Waals surface area (Å²) in [5.74, 6) is -0.192. The van der Waals surface area contributed by atoms with Crippen LogP contribution in [-0.2, 0) is 0 Å². The number of aromatic nitrogens is 3. The molecular formula is C25H21N5O. The number of carbonyl (C=O) groups is 1. The van der Waals surface area contributed by atoms with E-state index >= 15 is 0 Å². The highest BCUT2D eigenvalue weighted by atomic mass is 16.1. The second kappa shape index (κ2) is 7.65. The fourth-order valence-corrected chi connectivity index (χ4v) is 3.89. The van der Waals surface area contributed by atoms with Crippen LogP contribution in [0.2, 0.25) is 0 Å². The van der Waals surface area contributed by atoms with Crippen molar-refractivity contribution in [2.45, 2.75) is 20.0 Å². The molecule has 0 saturated carbocycles. The van der Waals surface area contributed by atoms with Gasteiger partial charge in [-0.15, -0.1) is 5.10 Å². The highest BCUT2D eigenvalue weighted by molar-refractivity contribution is 6.15. The maximum atomic E-state index is 13.1. The Morgan fingerprint density at radius 3 is 2.52 bits per heavy atom. The van der Waals surface area contributed by atoms with Crippen molar-refractivity contribution in [1.29, 1.82) is 0 Å². The molecule has 0 fully saturated rings. The van der Waals surface area contributed by atoms with Gasteiger partial charge in [0.2, 0.25) is 0 Å². The summed E-state index contributed by atoms with van der Waals surface area (Å²) in [6, 6.07) is 25.5. The number of carbonyl (C=O) groups excluding carboxylic acids is 1. The smallest absolute Gasteiger partial charge is 0.253 e. The molecule has 1 N–H and O–H groups in total. The van der Waals surface area contributed by atoms with Crippen LogP contribution in [0.3, 0.4) is 0 Å². The third kappa shape index (κ3) is 3.42. The second-order valence-corrected chi connectivity index (χ2v) is 7.58. The Hall–Kier alpha value is -4.06. The molecule has 0 radical (unpaired) electrons. The van der Waals surface area contributed by atoms with Crippen molar-refractivity contribution in [3.8, 4) is 5.69 Å². The lowest BCUT2D eigenvalue weighted by Gasteiger charge is -2.16. The van der Waals surface area contributed by atoms with Gasteiger partial charge in [-0.05, 0) is 32.0 Å². The van der Waals surface area contributed by atoms with Crippen LogP contribution in [0, 0.1) is 13.8 Å². The predicted molar refractivity (Wildman–Crippen MR) is 120 cm³/mol. The lowest BCUT2D eigenvalue weighted by Crippen LogP contribution is -2.29. The fraction of sp³-hybridized carbons (Fsp3) is 0.120. The van der Waals surface area contributed by atoms with Crippen LogP contribution in [0.15, 0.2) is 83.9 Å². The van der Waals surface area contributed by atoms with Crippen molar-refractivity contribution in [3.05, 3.63) is 113 Å². The molecule has 1 unspecified atom stereocenters. The van der Waals surface area contributed by atoms with Crippen LogP contribution in [0.25, 0.3) is 5.69 Å². The van der Waals surface area contributed by atoms with Crippen LogP contribution in [0.5, 0.6) is 0 Å². The van der Waals surface area contributed by atoms with E-state index in [-0.39, 0.29) is 5.91 Å². The number of hydrogen-bond donors (Lipinski definition) is 1.